The van der Waals surface area contributed by atoms with Gasteiger partial charge in [-0.3, -0.25) is 9.69 Å². The molecule has 0 radical (unpaired) electrons. The molecule has 0 bridgehead atoms. The zero-order valence-electron chi connectivity index (χ0n) is 13.3. The minimum Gasteiger partial charge on any atom is -0.383 e. The summed E-state index contributed by atoms with van der Waals surface area (Å²) >= 11 is 0. The Labute approximate surface area is 134 Å². The summed E-state index contributed by atoms with van der Waals surface area (Å²) in [7, 11) is 1.70. The van der Waals surface area contributed by atoms with Crippen LogP contribution in [0.25, 0.3) is 10.9 Å². The van der Waals surface area contributed by atoms with Crippen molar-refractivity contribution in [1.82, 2.24) is 15.2 Å². The molecule has 2 aromatic rings. The van der Waals surface area contributed by atoms with Crippen LogP contribution in [0.2, 0.25) is 0 Å². The van der Waals surface area contributed by atoms with E-state index in [1.807, 2.05) is 0 Å². The highest BCUT2D eigenvalue weighted by molar-refractivity contribution is 6.06. The van der Waals surface area contributed by atoms with Gasteiger partial charge >= 0.3 is 0 Å². The number of likely N-dealkylation sites (tertiary alicyclic amines) is 1. The number of halogens is 1. The molecular weight excluding hydrogens is 297 g/mol. The van der Waals surface area contributed by atoms with Gasteiger partial charge in [-0.25, -0.2) is 4.39 Å². The first-order valence-electron chi connectivity index (χ1n) is 7.97. The van der Waals surface area contributed by atoms with E-state index in [0.29, 0.717) is 30.3 Å². The molecule has 1 saturated heterocycles. The lowest BCUT2D eigenvalue weighted by molar-refractivity contribution is 0.0934. The van der Waals surface area contributed by atoms with Gasteiger partial charge in [-0.2, -0.15) is 0 Å². The number of aromatic amines is 1. The maximum absolute atomic E-state index is 13.2. The van der Waals surface area contributed by atoms with Gasteiger partial charge in [0.1, 0.15) is 5.82 Å². The van der Waals surface area contributed by atoms with Gasteiger partial charge in [-0.15, -0.1) is 0 Å². The molecule has 0 aliphatic carbocycles. The number of nitrogens with zero attached hydrogens (tertiary/aromatic N) is 1. The highest BCUT2D eigenvalue weighted by Crippen LogP contribution is 2.20. The minimum absolute atomic E-state index is 0.124. The fraction of sp³-hybridized carbons (Fsp3) is 0.471. The number of carbonyl (C=O) groups excluding carboxylic acids is 1. The highest BCUT2D eigenvalue weighted by atomic mass is 19.1. The third-order valence-electron chi connectivity index (χ3n) is 4.47. The van der Waals surface area contributed by atoms with Gasteiger partial charge in [0.05, 0.1) is 12.2 Å². The molecule has 1 aromatic heterocycles. The zero-order valence-corrected chi connectivity index (χ0v) is 13.3. The summed E-state index contributed by atoms with van der Waals surface area (Å²) in [5.41, 5.74) is 1.19. The lowest BCUT2D eigenvalue weighted by atomic mass is 10.1. The standard InChI is InChI=1S/C17H22FN3O2/c1-23-8-7-21-6-2-3-13(21)10-20-17(22)15-11-19-16-9-12(18)4-5-14(15)16/h4-5,9,11,13,19H,2-3,6-8,10H2,1H3,(H,20,22). The van der Waals surface area contributed by atoms with E-state index in [1.54, 1.807) is 19.4 Å². The van der Waals surface area contributed by atoms with Gasteiger partial charge < -0.3 is 15.0 Å². The van der Waals surface area contributed by atoms with Crippen molar-refractivity contribution in [3.05, 3.63) is 35.8 Å². The molecule has 23 heavy (non-hydrogen) atoms. The average molecular weight is 319 g/mol. The summed E-state index contributed by atoms with van der Waals surface area (Å²) in [5.74, 6) is -0.438. The van der Waals surface area contributed by atoms with Crippen molar-refractivity contribution in [3.8, 4) is 0 Å². The normalized spacial score (nSPS) is 18.6. The fourth-order valence-corrected chi connectivity index (χ4v) is 3.22. The number of H-pyrrole nitrogens is 1. The molecule has 2 heterocycles. The Kier molecular flexibility index (Phi) is 4.93. The molecular formula is C17H22FN3O2. The van der Waals surface area contributed by atoms with Gasteiger partial charge in [0.25, 0.3) is 5.91 Å². The maximum Gasteiger partial charge on any atom is 0.253 e. The maximum atomic E-state index is 13.2. The van der Waals surface area contributed by atoms with E-state index in [2.05, 4.69) is 15.2 Å². The van der Waals surface area contributed by atoms with Gasteiger partial charge in [0.2, 0.25) is 0 Å². The Morgan fingerprint density at radius 3 is 3.22 bits per heavy atom. The fourth-order valence-electron chi connectivity index (χ4n) is 3.22. The SMILES string of the molecule is COCCN1CCCC1CNC(=O)c1c[nH]c2cc(F)ccc12. The molecule has 5 nitrogen and oxygen atoms in total. The molecule has 3 rings (SSSR count). The van der Waals surface area contributed by atoms with Crippen molar-refractivity contribution >= 4 is 16.8 Å². The number of ether oxygens (including phenoxy) is 1. The number of carbonyl (C=O) groups is 1. The lowest BCUT2D eigenvalue weighted by Crippen LogP contribution is -2.41. The molecule has 1 aliphatic rings. The molecule has 6 heteroatoms. The van der Waals surface area contributed by atoms with E-state index in [9.17, 15) is 9.18 Å². The number of aromatic nitrogens is 1. The van der Waals surface area contributed by atoms with Crippen molar-refractivity contribution in [2.45, 2.75) is 18.9 Å². The predicted octanol–water partition coefficient (Wildman–Crippen LogP) is 2.15. The monoisotopic (exact) mass is 319 g/mol. The number of amides is 1. The number of benzene rings is 1. The van der Waals surface area contributed by atoms with Crippen LogP contribution in [0, 0.1) is 5.82 Å². The minimum atomic E-state index is -0.314. The average Bonchev–Trinajstić information content (AvgIpc) is 3.16. The second kappa shape index (κ2) is 7.10. The van der Waals surface area contributed by atoms with Crippen LogP contribution in [-0.2, 0) is 4.74 Å². The van der Waals surface area contributed by atoms with Crippen molar-refractivity contribution in [3.63, 3.8) is 0 Å². The number of fused-ring (bicyclic) bond motifs is 1. The molecule has 1 unspecified atom stereocenters. The number of hydrogen-bond donors (Lipinski definition) is 2. The predicted molar refractivity (Wildman–Crippen MR) is 87.1 cm³/mol. The molecule has 1 amide bonds. The highest BCUT2D eigenvalue weighted by Gasteiger charge is 2.24. The number of hydrogen-bond acceptors (Lipinski definition) is 3. The van der Waals surface area contributed by atoms with Gasteiger partial charge in [0, 0.05) is 43.3 Å². The molecule has 1 fully saturated rings. The Morgan fingerprint density at radius 1 is 1.52 bits per heavy atom. The van der Waals surface area contributed by atoms with Gasteiger partial charge in [-0.05, 0) is 37.6 Å². The molecule has 0 saturated carbocycles. The molecule has 1 aliphatic heterocycles. The summed E-state index contributed by atoms with van der Waals surface area (Å²) in [6.07, 6.45) is 3.87. The van der Waals surface area contributed by atoms with Crippen LogP contribution in [0.1, 0.15) is 23.2 Å². The first kappa shape index (κ1) is 16.0. The quantitative estimate of drug-likeness (QED) is 0.858. The van der Waals surface area contributed by atoms with E-state index >= 15 is 0 Å². The van der Waals surface area contributed by atoms with E-state index in [1.165, 1.54) is 12.1 Å². The molecule has 1 aromatic carbocycles. The van der Waals surface area contributed by atoms with Crippen LogP contribution in [0.3, 0.4) is 0 Å². The Balaban J connectivity index is 1.62. The molecule has 124 valence electrons. The smallest absolute Gasteiger partial charge is 0.253 e. The van der Waals surface area contributed by atoms with Crippen LogP contribution in [0.15, 0.2) is 24.4 Å². The third-order valence-corrected chi connectivity index (χ3v) is 4.47. The van der Waals surface area contributed by atoms with Gasteiger partial charge in [0.15, 0.2) is 0 Å². The Morgan fingerprint density at radius 2 is 2.39 bits per heavy atom. The topological polar surface area (TPSA) is 57.4 Å². The summed E-state index contributed by atoms with van der Waals surface area (Å²) in [5, 5.41) is 3.75. The molecule has 0 spiro atoms. The summed E-state index contributed by atoms with van der Waals surface area (Å²) in [4.78, 5) is 17.7. The van der Waals surface area contributed by atoms with Crippen molar-refractivity contribution in [1.29, 1.82) is 0 Å². The second-order valence-electron chi connectivity index (χ2n) is 5.93. The van der Waals surface area contributed by atoms with Crippen LogP contribution in [-0.4, -0.2) is 55.2 Å². The van der Waals surface area contributed by atoms with E-state index in [-0.39, 0.29) is 11.7 Å². The first-order valence-corrected chi connectivity index (χ1v) is 7.97. The third kappa shape index (κ3) is 3.54. The van der Waals surface area contributed by atoms with Crippen LogP contribution >= 0.6 is 0 Å². The van der Waals surface area contributed by atoms with Gasteiger partial charge in [-0.1, -0.05) is 0 Å². The van der Waals surface area contributed by atoms with Crippen LogP contribution in [0.4, 0.5) is 4.39 Å². The number of nitrogens with one attached hydrogen (secondary N) is 2. The van der Waals surface area contributed by atoms with Crippen molar-refractivity contribution in [2.24, 2.45) is 0 Å². The largest absolute Gasteiger partial charge is 0.383 e. The number of methoxy groups -OCH3 is 1. The molecule has 1 atom stereocenters. The van der Waals surface area contributed by atoms with Crippen LogP contribution in [0.5, 0.6) is 0 Å². The lowest BCUT2D eigenvalue weighted by Gasteiger charge is -2.24. The van der Waals surface area contributed by atoms with Crippen LogP contribution < -0.4 is 5.32 Å². The zero-order chi connectivity index (χ0) is 16.2. The Hall–Kier alpha value is -1.92. The summed E-state index contributed by atoms with van der Waals surface area (Å²) in [6.45, 7) is 3.27. The summed E-state index contributed by atoms with van der Waals surface area (Å²) in [6, 6.07) is 4.76. The van der Waals surface area contributed by atoms with Crippen molar-refractivity contribution < 1.29 is 13.9 Å². The van der Waals surface area contributed by atoms with E-state index < -0.39 is 0 Å². The van der Waals surface area contributed by atoms with E-state index in [4.69, 9.17) is 4.74 Å². The van der Waals surface area contributed by atoms with Crippen molar-refractivity contribution in [2.75, 3.05) is 33.4 Å². The second-order valence-corrected chi connectivity index (χ2v) is 5.93. The Bertz CT molecular complexity index is 686. The summed E-state index contributed by atoms with van der Waals surface area (Å²) < 4.78 is 18.3. The first-order chi connectivity index (χ1) is 11.2. The van der Waals surface area contributed by atoms with E-state index in [0.717, 1.165) is 31.3 Å². The number of rotatable bonds is 6. The molecule has 2 N–H and O–H groups in total.